The van der Waals surface area contributed by atoms with Gasteiger partial charge in [-0.2, -0.15) is 5.10 Å². The number of sulfone groups is 1. The van der Waals surface area contributed by atoms with Crippen LogP contribution in [-0.2, 0) is 9.84 Å². The van der Waals surface area contributed by atoms with Gasteiger partial charge in [0.15, 0.2) is 0 Å². The second kappa shape index (κ2) is 3.96. The summed E-state index contributed by atoms with van der Waals surface area (Å²) < 4.78 is 24.8. The molecule has 0 bridgehead atoms. The monoisotopic (exact) mass is 228 g/mol. The van der Waals surface area contributed by atoms with Gasteiger partial charge in [0.25, 0.3) is 0 Å². The van der Waals surface area contributed by atoms with E-state index in [-0.39, 0.29) is 11.3 Å². The smallest absolute Gasteiger partial charge is 0.150 e. The third kappa shape index (κ3) is 2.40. The third-order valence-electron chi connectivity index (χ3n) is 3.10. The van der Waals surface area contributed by atoms with Crippen molar-refractivity contribution in [2.75, 3.05) is 6.26 Å². The molecule has 1 heterocycles. The number of aromatic nitrogens is 2. The quantitative estimate of drug-likeness (QED) is 0.769. The zero-order valence-corrected chi connectivity index (χ0v) is 9.65. The van der Waals surface area contributed by atoms with Crippen LogP contribution in [0.4, 0.5) is 0 Å². The van der Waals surface area contributed by atoms with Gasteiger partial charge in [-0.3, -0.25) is 4.68 Å². The molecule has 1 fully saturated rings. The molecule has 1 aliphatic rings. The maximum Gasteiger partial charge on any atom is 0.150 e. The molecule has 1 aromatic heterocycles. The van der Waals surface area contributed by atoms with Crippen molar-refractivity contribution >= 4 is 9.84 Å². The van der Waals surface area contributed by atoms with Crippen LogP contribution in [0, 0.1) is 0 Å². The van der Waals surface area contributed by atoms with Crippen LogP contribution in [0.2, 0.25) is 0 Å². The molecule has 84 valence electrons. The van der Waals surface area contributed by atoms with Gasteiger partial charge in [-0.15, -0.1) is 0 Å². The number of hydrogen-bond acceptors (Lipinski definition) is 3. The Morgan fingerprint density at radius 2 is 2.20 bits per heavy atom. The molecule has 0 radical (unpaired) electrons. The molecule has 1 aliphatic carbocycles. The van der Waals surface area contributed by atoms with Crippen molar-refractivity contribution in [3.05, 3.63) is 18.5 Å². The van der Waals surface area contributed by atoms with Crippen LogP contribution in [0.5, 0.6) is 0 Å². The van der Waals surface area contributed by atoms with E-state index in [0.29, 0.717) is 6.42 Å². The zero-order chi connectivity index (χ0) is 10.9. The fraction of sp³-hybridized carbons (Fsp3) is 0.700. The number of rotatable bonds is 2. The molecule has 2 unspecified atom stereocenters. The van der Waals surface area contributed by atoms with Gasteiger partial charge in [0, 0.05) is 18.6 Å². The summed E-state index contributed by atoms with van der Waals surface area (Å²) in [5, 5.41) is 4.00. The first-order chi connectivity index (χ1) is 7.07. The molecule has 0 saturated heterocycles. The molecule has 15 heavy (non-hydrogen) atoms. The Kier molecular flexibility index (Phi) is 2.82. The van der Waals surface area contributed by atoms with Crippen LogP contribution in [-0.4, -0.2) is 29.7 Å². The van der Waals surface area contributed by atoms with Crippen LogP contribution in [0.15, 0.2) is 18.5 Å². The lowest BCUT2D eigenvalue weighted by Crippen LogP contribution is -2.29. The first-order valence-electron chi connectivity index (χ1n) is 5.25. The third-order valence-corrected chi connectivity index (χ3v) is 4.74. The number of hydrogen-bond donors (Lipinski definition) is 0. The summed E-state index contributed by atoms with van der Waals surface area (Å²) in [7, 11) is -2.89. The van der Waals surface area contributed by atoms with Crippen LogP contribution < -0.4 is 0 Å². The highest BCUT2D eigenvalue weighted by atomic mass is 32.2. The fourth-order valence-corrected chi connectivity index (χ4v) is 3.41. The lowest BCUT2D eigenvalue weighted by molar-refractivity contribution is 0.329. The molecule has 2 atom stereocenters. The van der Waals surface area contributed by atoms with Gasteiger partial charge in [-0.05, 0) is 25.3 Å². The van der Waals surface area contributed by atoms with Gasteiger partial charge < -0.3 is 0 Å². The number of nitrogens with zero attached hydrogens (tertiary/aromatic N) is 2. The largest absolute Gasteiger partial charge is 0.270 e. The van der Waals surface area contributed by atoms with Crippen molar-refractivity contribution in [2.45, 2.75) is 37.0 Å². The van der Waals surface area contributed by atoms with Crippen LogP contribution >= 0.6 is 0 Å². The topological polar surface area (TPSA) is 52.0 Å². The molecule has 4 nitrogen and oxygen atoms in total. The van der Waals surface area contributed by atoms with Gasteiger partial charge in [0.05, 0.1) is 11.3 Å². The second-order valence-electron chi connectivity index (χ2n) is 4.26. The predicted molar refractivity (Wildman–Crippen MR) is 58.4 cm³/mol. The molecule has 0 spiro atoms. The Morgan fingerprint density at radius 1 is 1.40 bits per heavy atom. The van der Waals surface area contributed by atoms with Gasteiger partial charge in [-0.25, -0.2) is 8.42 Å². The predicted octanol–water partition coefficient (Wildman–Crippen LogP) is 1.41. The van der Waals surface area contributed by atoms with Crippen molar-refractivity contribution in [2.24, 2.45) is 0 Å². The molecule has 5 heteroatoms. The van der Waals surface area contributed by atoms with Crippen molar-refractivity contribution < 1.29 is 8.42 Å². The van der Waals surface area contributed by atoms with Crippen LogP contribution in [0.25, 0.3) is 0 Å². The van der Waals surface area contributed by atoms with E-state index in [1.807, 2.05) is 16.9 Å². The van der Waals surface area contributed by atoms with Gasteiger partial charge >= 0.3 is 0 Å². The first-order valence-corrected chi connectivity index (χ1v) is 7.21. The molecule has 1 aromatic rings. The van der Waals surface area contributed by atoms with Crippen molar-refractivity contribution in [3.8, 4) is 0 Å². The van der Waals surface area contributed by atoms with E-state index >= 15 is 0 Å². The lowest BCUT2D eigenvalue weighted by Gasteiger charge is -2.28. The molecular formula is C10H16N2O2S. The average Bonchev–Trinajstić information content (AvgIpc) is 2.69. The summed E-state index contributed by atoms with van der Waals surface area (Å²) in [6.07, 6.45) is 8.51. The van der Waals surface area contributed by atoms with Gasteiger partial charge in [-0.1, -0.05) is 6.42 Å². The minimum atomic E-state index is -2.89. The van der Waals surface area contributed by atoms with E-state index in [0.717, 1.165) is 19.3 Å². The molecular weight excluding hydrogens is 212 g/mol. The summed E-state index contributed by atoms with van der Waals surface area (Å²) in [4.78, 5) is 0. The maximum atomic E-state index is 11.5. The SMILES string of the molecule is CS(=O)(=O)C1CCCC(n2cccn2)C1. The van der Waals surface area contributed by atoms with E-state index < -0.39 is 9.84 Å². The Hall–Kier alpha value is -0.840. The summed E-state index contributed by atoms with van der Waals surface area (Å²) >= 11 is 0. The Labute approximate surface area is 90.2 Å². The molecule has 0 amide bonds. The average molecular weight is 228 g/mol. The van der Waals surface area contributed by atoms with E-state index in [2.05, 4.69) is 5.10 Å². The second-order valence-corrected chi connectivity index (χ2v) is 6.58. The normalized spacial score (nSPS) is 27.8. The van der Waals surface area contributed by atoms with E-state index in [4.69, 9.17) is 0 Å². The summed E-state index contributed by atoms with van der Waals surface area (Å²) in [5.41, 5.74) is 0. The van der Waals surface area contributed by atoms with Gasteiger partial charge in [0.2, 0.25) is 0 Å². The summed E-state index contributed by atoms with van der Waals surface area (Å²) in [6.45, 7) is 0. The van der Waals surface area contributed by atoms with Crippen molar-refractivity contribution in [1.29, 1.82) is 0 Å². The Morgan fingerprint density at radius 3 is 2.80 bits per heavy atom. The van der Waals surface area contributed by atoms with Crippen molar-refractivity contribution in [1.82, 2.24) is 9.78 Å². The highest BCUT2D eigenvalue weighted by Gasteiger charge is 2.29. The molecule has 0 aromatic carbocycles. The van der Waals surface area contributed by atoms with E-state index in [1.54, 1.807) is 6.20 Å². The highest BCUT2D eigenvalue weighted by Crippen LogP contribution is 2.31. The summed E-state index contributed by atoms with van der Waals surface area (Å²) in [5.74, 6) is 0. The van der Waals surface area contributed by atoms with E-state index in [9.17, 15) is 8.42 Å². The molecule has 1 saturated carbocycles. The molecule has 0 N–H and O–H groups in total. The first kappa shape index (κ1) is 10.7. The standard InChI is InChI=1S/C10H16N2O2S/c1-15(13,14)10-5-2-4-9(8-10)12-7-3-6-11-12/h3,6-7,9-10H,2,4-5,8H2,1H3. The highest BCUT2D eigenvalue weighted by molar-refractivity contribution is 7.91. The minimum absolute atomic E-state index is 0.180. The van der Waals surface area contributed by atoms with Crippen LogP contribution in [0.3, 0.4) is 0 Å². The minimum Gasteiger partial charge on any atom is -0.270 e. The summed E-state index contributed by atoms with van der Waals surface area (Å²) in [6, 6.07) is 2.14. The van der Waals surface area contributed by atoms with E-state index in [1.165, 1.54) is 6.26 Å². The van der Waals surface area contributed by atoms with Crippen molar-refractivity contribution in [3.63, 3.8) is 0 Å². The Bertz CT molecular complexity index is 411. The van der Waals surface area contributed by atoms with Gasteiger partial charge in [0.1, 0.15) is 9.84 Å². The maximum absolute atomic E-state index is 11.5. The molecule has 2 rings (SSSR count). The Balaban J connectivity index is 2.12. The van der Waals surface area contributed by atoms with Crippen LogP contribution in [0.1, 0.15) is 31.7 Å². The fourth-order valence-electron chi connectivity index (χ4n) is 2.25. The molecule has 0 aliphatic heterocycles. The lowest BCUT2D eigenvalue weighted by atomic mass is 9.95. The zero-order valence-electron chi connectivity index (χ0n) is 8.83.